The third-order valence-corrected chi connectivity index (χ3v) is 5.38. The van der Waals surface area contributed by atoms with E-state index < -0.39 is 15.8 Å². The van der Waals surface area contributed by atoms with Crippen molar-refractivity contribution in [3.8, 4) is 0 Å². The van der Waals surface area contributed by atoms with E-state index in [9.17, 15) is 12.8 Å². The van der Waals surface area contributed by atoms with Gasteiger partial charge in [0.2, 0.25) is 10.0 Å². The second kappa shape index (κ2) is 7.97. The van der Waals surface area contributed by atoms with Crippen LogP contribution in [-0.2, 0) is 15.8 Å². The lowest BCUT2D eigenvalue weighted by Crippen LogP contribution is -2.27. The highest BCUT2D eigenvalue weighted by atomic mass is 35.5. The summed E-state index contributed by atoms with van der Waals surface area (Å²) in [6.07, 6.45) is 0. The van der Waals surface area contributed by atoms with Crippen LogP contribution in [0, 0.1) is 5.82 Å². The standard InChI is InChI=1S/C15H15ClFNO2S2/c16-13-4-6-15(7-5-13)21-9-8-18-22(19,20)11-12-2-1-3-14(17)10-12/h1-7,10,18H,8-9,11H2. The Morgan fingerprint density at radius 3 is 2.55 bits per heavy atom. The summed E-state index contributed by atoms with van der Waals surface area (Å²) >= 11 is 7.33. The molecule has 2 aromatic carbocycles. The van der Waals surface area contributed by atoms with Gasteiger partial charge >= 0.3 is 0 Å². The molecule has 7 heteroatoms. The van der Waals surface area contributed by atoms with Gasteiger partial charge in [-0.1, -0.05) is 23.7 Å². The summed E-state index contributed by atoms with van der Waals surface area (Å²) in [7, 11) is -3.46. The molecule has 2 aromatic rings. The molecule has 0 aromatic heterocycles. The smallest absolute Gasteiger partial charge is 0.214 e. The minimum atomic E-state index is -3.46. The zero-order chi connectivity index (χ0) is 16.0. The third kappa shape index (κ3) is 5.96. The molecule has 1 N–H and O–H groups in total. The maximum absolute atomic E-state index is 13.0. The summed E-state index contributed by atoms with van der Waals surface area (Å²) in [6, 6.07) is 12.9. The second-order valence-electron chi connectivity index (χ2n) is 4.59. The molecule has 0 atom stereocenters. The zero-order valence-corrected chi connectivity index (χ0v) is 14.0. The number of benzene rings is 2. The van der Waals surface area contributed by atoms with Crippen LogP contribution in [0.15, 0.2) is 53.4 Å². The fraction of sp³-hybridized carbons (Fsp3) is 0.200. The third-order valence-electron chi connectivity index (χ3n) is 2.75. The lowest BCUT2D eigenvalue weighted by Gasteiger charge is -2.07. The van der Waals surface area contributed by atoms with Crippen molar-refractivity contribution in [2.24, 2.45) is 0 Å². The van der Waals surface area contributed by atoms with Crippen LogP contribution in [0.4, 0.5) is 4.39 Å². The number of rotatable bonds is 7. The first kappa shape index (κ1) is 17.3. The Morgan fingerprint density at radius 2 is 1.86 bits per heavy atom. The molecule has 0 aliphatic carbocycles. The van der Waals surface area contributed by atoms with Crippen LogP contribution in [0.5, 0.6) is 0 Å². The Bertz CT molecular complexity index is 721. The lowest BCUT2D eigenvalue weighted by atomic mass is 10.2. The van der Waals surface area contributed by atoms with Crippen LogP contribution in [0.3, 0.4) is 0 Å². The summed E-state index contributed by atoms with van der Waals surface area (Å²) in [4.78, 5) is 1.02. The van der Waals surface area contributed by atoms with Crippen molar-refractivity contribution >= 4 is 33.4 Å². The molecule has 22 heavy (non-hydrogen) atoms. The van der Waals surface area contributed by atoms with Gasteiger partial charge in [-0.25, -0.2) is 17.5 Å². The van der Waals surface area contributed by atoms with Gasteiger partial charge in [0.05, 0.1) is 5.75 Å². The molecular weight excluding hydrogens is 345 g/mol. The van der Waals surface area contributed by atoms with Crippen molar-refractivity contribution in [2.75, 3.05) is 12.3 Å². The van der Waals surface area contributed by atoms with E-state index in [0.29, 0.717) is 22.9 Å². The molecule has 0 spiro atoms. The molecule has 118 valence electrons. The van der Waals surface area contributed by atoms with Gasteiger partial charge in [0.1, 0.15) is 5.82 Å². The SMILES string of the molecule is O=S(=O)(Cc1cccc(F)c1)NCCSc1ccc(Cl)cc1. The fourth-order valence-electron chi connectivity index (χ4n) is 1.79. The first-order valence-corrected chi connectivity index (χ1v) is 9.56. The van der Waals surface area contributed by atoms with Crippen LogP contribution in [0.2, 0.25) is 5.02 Å². The van der Waals surface area contributed by atoms with Gasteiger partial charge in [-0.2, -0.15) is 0 Å². The molecule has 0 aliphatic rings. The Labute approximate surface area is 138 Å². The first-order chi connectivity index (χ1) is 10.4. The predicted octanol–water partition coefficient (Wildman–Crippen LogP) is 3.69. The molecule has 0 fully saturated rings. The Morgan fingerprint density at radius 1 is 1.14 bits per heavy atom. The van der Waals surface area contributed by atoms with Crippen molar-refractivity contribution in [3.05, 3.63) is 64.9 Å². The minimum absolute atomic E-state index is 0.226. The Kier molecular flexibility index (Phi) is 6.26. The largest absolute Gasteiger partial charge is 0.215 e. The molecule has 2 rings (SSSR count). The second-order valence-corrected chi connectivity index (χ2v) is 8.00. The number of hydrogen-bond acceptors (Lipinski definition) is 3. The quantitative estimate of drug-likeness (QED) is 0.605. The van der Waals surface area contributed by atoms with Crippen molar-refractivity contribution in [1.82, 2.24) is 4.72 Å². The monoisotopic (exact) mass is 359 g/mol. The maximum Gasteiger partial charge on any atom is 0.215 e. The summed E-state index contributed by atoms with van der Waals surface area (Å²) in [5, 5.41) is 0.667. The van der Waals surface area contributed by atoms with Crippen LogP contribution >= 0.6 is 23.4 Å². The van der Waals surface area contributed by atoms with Crippen molar-refractivity contribution in [3.63, 3.8) is 0 Å². The highest BCUT2D eigenvalue weighted by Crippen LogP contribution is 2.19. The molecule has 0 saturated carbocycles. The average molecular weight is 360 g/mol. The Balaban J connectivity index is 1.79. The fourth-order valence-corrected chi connectivity index (χ4v) is 3.95. The van der Waals surface area contributed by atoms with Crippen LogP contribution in [0.25, 0.3) is 0 Å². The van der Waals surface area contributed by atoms with E-state index in [-0.39, 0.29) is 5.75 Å². The number of halogens is 2. The summed E-state index contributed by atoms with van der Waals surface area (Å²) < 4.78 is 39.4. The minimum Gasteiger partial charge on any atom is -0.214 e. The van der Waals surface area contributed by atoms with Crippen LogP contribution < -0.4 is 4.72 Å². The molecule has 0 aliphatic heterocycles. The molecule has 0 unspecified atom stereocenters. The molecule has 3 nitrogen and oxygen atoms in total. The molecular formula is C15H15ClFNO2S2. The van der Waals surface area contributed by atoms with E-state index in [2.05, 4.69) is 4.72 Å². The molecule has 0 amide bonds. The van der Waals surface area contributed by atoms with Gasteiger partial charge in [-0.3, -0.25) is 0 Å². The van der Waals surface area contributed by atoms with Gasteiger partial charge < -0.3 is 0 Å². The van der Waals surface area contributed by atoms with E-state index in [1.54, 1.807) is 18.2 Å². The van der Waals surface area contributed by atoms with E-state index in [1.807, 2.05) is 12.1 Å². The molecule has 0 bridgehead atoms. The zero-order valence-electron chi connectivity index (χ0n) is 11.6. The summed E-state index contributed by atoms with van der Waals surface area (Å²) in [6.45, 7) is 0.310. The molecule has 0 saturated heterocycles. The van der Waals surface area contributed by atoms with Crippen molar-refractivity contribution < 1.29 is 12.8 Å². The molecule has 0 radical (unpaired) electrons. The number of thioether (sulfide) groups is 1. The predicted molar refractivity (Wildman–Crippen MR) is 89.2 cm³/mol. The topological polar surface area (TPSA) is 46.2 Å². The van der Waals surface area contributed by atoms with E-state index in [0.717, 1.165) is 4.90 Å². The van der Waals surface area contributed by atoms with Crippen LogP contribution in [0.1, 0.15) is 5.56 Å². The van der Waals surface area contributed by atoms with E-state index in [1.165, 1.54) is 30.0 Å². The van der Waals surface area contributed by atoms with E-state index in [4.69, 9.17) is 11.6 Å². The highest BCUT2D eigenvalue weighted by molar-refractivity contribution is 7.99. The lowest BCUT2D eigenvalue weighted by molar-refractivity contribution is 0.583. The van der Waals surface area contributed by atoms with E-state index >= 15 is 0 Å². The van der Waals surface area contributed by atoms with Gasteiger partial charge in [0, 0.05) is 22.2 Å². The van der Waals surface area contributed by atoms with Crippen molar-refractivity contribution in [1.29, 1.82) is 0 Å². The first-order valence-electron chi connectivity index (χ1n) is 6.55. The van der Waals surface area contributed by atoms with Crippen LogP contribution in [-0.4, -0.2) is 20.7 Å². The number of hydrogen-bond donors (Lipinski definition) is 1. The van der Waals surface area contributed by atoms with Gasteiger partial charge in [0.15, 0.2) is 0 Å². The van der Waals surface area contributed by atoms with Gasteiger partial charge in [0.25, 0.3) is 0 Å². The summed E-state index contributed by atoms with van der Waals surface area (Å²) in [5.41, 5.74) is 0.429. The summed E-state index contributed by atoms with van der Waals surface area (Å²) in [5.74, 6) is -0.0635. The highest BCUT2D eigenvalue weighted by Gasteiger charge is 2.11. The average Bonchev–Trinajstić information content (AvgIpc) is 2.45. The van der Waals surface area contributed by atoms with Gasteiger partial charge in [-0.15, -0.1) is 11.8 Å². The normalized spacial score (nSPS) is 11.5. The number of nitrogens with one attached hydrogen (secondary N) is 1. The Hall–Kier alpha value is -1.08. The van der Waals surface area contributed by atoms with Gasteiger partial charge in [-0.05, 0) is 42.0 Å². The number of sulfonamides is 1. The van der Waals surface area contributed by atoms with Crippen molar-refractivity contribution in [2.45, 2.75) is 10.6 Å². The maximum atomic E-state index is 13.0. The molecule has 0 heterocycles.